The van der Waals surface area contributed by atoms with Crippen LogP contribution in [0.15, 0.2) is 42.5 Å². The molecule has 0 heterocycles. The summed E-state index contributed by atoms with van der Waals surface area (Å²) in [6.07, 6.45) is 0.709. The van der Waals surface area contributed by atoms with Gasteiger partial charge in [-0.2, -0.15) is 0 Å². The maximum atomic E-state index is 9.75. The molecule has 2 aromatic carbocycles. The molecule has 2 rings (SSSR count). The molecule has 0 aromatic heterocycles. The predicted octanol–water partition coefficient (Wildman–Crippen LogP) is 3.33. The van der Waals surface area contributed by atoms with Gasteiger partial charge in [-0.05, 0) is 42.7 Å². The van der Waals surface area contributed by atoms with E-state index in [1.807, 2.05) is 24.3 Å². The van der Waals surface area contributed by atoms with E-state index in [2.05, 4.69) is 25.1 Å². The van der Waals surface area contributed by atoms with Crippen LogP contribution in [0.25, 0.3) is 0 Å². The average molecular weight is 286 g/mol. The van der Waals surface area contributed by atoms with Gasteiger partial charge in [-0.25, -0.2) is 0 Å². The van der Waals surface area contributed by atoms with Crippen molar-refractivity contribution in [3.8, 4) is 11.5 Å². The number of benzene rings is 2. The number of methoxy groups -OCH3 is 2. The monoisotopic (exact) mass is 286 g/mol. The van der Waals surface area contributed by atoms with Crippen LogP contribution in [0.4, 0.5) is 0 Å². The number of ether oxygens (including phenoxy) is 2. The second-order valence-corrected chi connectivity index (χ2v) is 5.18. The van der Waals surface area contributed by atoms with Crippen LogP contribution in [-0.2, 0) is 6.42 Å². The number of hydrogen-bond acceptors (Lipinski definition) is 3. The van der Waals surface area contributed by atoms with Crippen LogP contribution in [0.1, 0.15) is 22.6 Å². The van der Waals surface area contributed by atoms with Gasteiger partial charge >= 0.3 is 0 Å². The minimum absolute atomic E-state index is 0.0471. The lowest BCUT2D eigenvalue weighted by Crippen LogP contribution is -2.09. The lowest BCUT2D eigenvalue weighted by atomic mass is 9.91. The highest BCUT2D eigenvalue weighted by atomic mass is 16.5. The van der Waals surface area contributed by atoms with Gasteiger partial charge in [0.25, 0.3) is 0 Å². The zero-order valence-electron chi connectivity index (χ0n) is 12.8. The number of aliphatic hydroxyl groups is 1. The lowest BCUT2D eigenvalue weighted by molar-refractivity contribution is 0.263. The maximum absolute atomic E-state index is 9.75. The Morgan fingerprint density at radius 2 is 1.86 bits per heavy atom. The molecule has 0 aliphatic carbocycles. The smallest absolute Gasteiger partial charge is 0.122 e. The Bertz CT molecular complexity index is 593. The SMILES string of the molecule is COc1ccc(OC)c(CC(CO)c2cccc(C)c2)c1. The fourth-order valence-corrected chi connectivity index (χ4v) is 2.52. The van der Waals surface area contributed by atoms with E-state index in [-0.39, 0.29) is 12.5 Å². The van der Waals surface area contributed by atoms with Crippen molar-refractivity contribution < 1.29 is 14.6 Å². The van der Waals surface area contributed by atoms with Gasteiger partial charge in [0.2, 0.25) is 0 Å². The lowest BCUT2D eigenvalue weighted by Gasteiger charge is -2.18. The normalized spacial score (nSPS) is 12.0. The molecule has 0 aliphatic rings. The van der Waals surface area contributed by atoms with E-state index in [4.69, 9.17) is 9.47 Å². The van der Waals surface area contributed by atoms with Gasteiger partial charge in [-0.3, -0.25) is 0 Å². The Kier molecular flexibility index (Phi) is 5.23. The molecule has 0 aliphatic heterocycles. The first-order valence-electron chi connectivity index (χ1n) is 7.06. The highest BCUT2D eigenvalue weighted by Crippen LogP contribution is 2.29. The molecule has 0 saturated heterocycles. The quantitative estimate of drug-likeness (QED) is 0.885. The third-order valence-electron chi connectivity index (χ3n) is 3.69. The summed E-state index contributed by atoms with van der Waals surface area (Å²) >= 11 is 0. The number of rotatable bonds is 6. The summed E-state index contributed by atoms with van der Waals surface area (Å²) in [5.74, 6) is 1.67. The summed E-state index contributed by atoms with van der Waals surface area (Å²) in [4.78, 5) is 0. The highest BCUT2D eigenvalue weighted by Gasteiger charge is 2.15. The van der Waals surface area contributed by atoms with Gasteiger partial charge in [0.15, 0.2) is 0 Å². The Morgan fingerprint density at radius 1 is 1.05 bits per heavy atom. The Morgan fingerprint density at radius 3 is 2.48 bits per heavy atom. The molecule has 21 heavy (non-hydrogen) atoms. The second-order valence-electron chi connectivity index (χ2n) is 5.18. The molecule has 0 bridgehead atoms. The van der Waals surface area contributed by atoms with E-state index >= 15 is 0 Å². The van der Waals surface area contributed by atoms with E-state index in [0.717, 1.165) is 22.6 Å². The molecular weight excluding hydrogens is 264 g/mol. The van der Waals surface area contributed by atoms with E-state index in [1.54, 1.807) is 14.2 Å². The summed E-state index contributed by atoms with van der Waals surface area (Å²) in [5.41, 5.74) is 3.38. The van der Waals surface area contributed by atoms with E-state index in [9.17, 15) is 5.11 Å². The van der Waals surface area contributed by atoms with Crippen LogP contribution in [0.3, 0.4) is 0 Å². The van der Waals surface area contributed by atoms with Gasteiger partial charge in [0.05, 0.1) is 20.8 Å². The third kappa shape index (κ3) is 3.76. The van der Waals surface area contributed by atoms with Crippen molar-refractivity contribution in [3.05, 3.63) is 59.2 Å². The number of hydrogen-bond donors (Lipinski definition) is 1. The molecule has 0 fully saturated rings. The predicted molar refractivity (Wildman–Crippen MR) is 84.3 cm³/mol. The standard InChI is InChI=1S/C18H22O3/c1-13-5-4-6-14(9-13)16(12-19)10-15-11-17(20-2)7-8-18(15)21-3/h4-9,11,16,19H,10,12H2,1-3H3. The van der Waals surface area contributed by atoms with E-state index in [0.29, 0.717) is 6.42 Å². The van der Waals surface area contributed by atoms with Crippen LogP contribution < -0.4 is 9.47 Å². The van der Waals surface area contributed by atoms with E-state index in [1.165, 1.54) is 5.56 Å². The summed E-state index contributed by atoms with van der Waals surface area (Å²) < 4.78 is 10.7. The van der Waals surface area contributed by atoms with Crippen LogP contribution >= 0.6 is 0 Å². The summed E-state index contributed by atoms with van der Waals surface area (Å²) in [6.45, 7) is 2.16. The van der Waals surface area contributed by atoms with Crippen molar-refractivity contribution in [1.29, 1.82) is 0 Å². The van der Waals surface area contributed by atoms with Crippen molar-refractivity contribution >= 4 is 0 Å². The first-order valence-corrected chi connectivity index (χ1v) is 7.06. The largest absolute Gasteiger partial charge is 0.497 e. The molecule has 2 aromatic rings. The molecule has 1 unspecified atom stereocenters. The fourth-order valence-electron chi connectivity index (χ4n) is 2.52. The number of aryl methyl sites for hydroxylation is 1. The summed E-state index contributed by atoms with van der Waals surface area (Å²) in [7, 11) is 3.31. The fraction of sp³-hybridized carbons (Fsp3) is 0.333. The summed E-state index contributed by atoms with van der Waals surface area (Å²) in [5, 5.41) is 9.75. The molecule has 3 nitrogen and oxygen atoms in total. The van der Waals surface area contributed by atoms with Crippen LogP contribution in [0.5, 0.6) is 11.5 Å². The van der Waals surface area contributed by atoms with Crippen molar-refractivity contribution in [2.75, 3.05) is 20.8 Å². The van der Waals surface area contributed by atoms with Crippen molar-refractivity contribution in [2.24, 2.45) is 0 Å². The van der Waals surface area contributed by atoms with Crippen LogP contribution in [-0.4, -0.2) is 25.9 Å². The number of aliphatic hydroxyl groups excluding tert-OH is 1. The van der Waals surface area contributed by atoms with Gasteiger partial charge in [-0.1, -0.05) is 29.8 Å². The Labute approximate surface area is 126 Å². The first kappa shape index (κ1) is 15.4. The Hall–Kier alpha value is -2.00. The van der Waals surface area contributed by atoms with Crippen molar-refractivity contribution in [3.63, 3.8) is 0 Å². The highest BCUT2D eigenvalue weighted by molar-refractivity contribution is 5.41. The topological polar surface area (TPSA) is 38.7 Å². The van der Waals surface area contributed by atoms with Gasteiger partial charge in [0.1, 0.15) is 11.5 Å². The average Bonchev–Trinajstić information content (AvgIpc) is 2.52. The minimum Gasteiger partial charge on any atom is -0.497 e. The third-order valence-corrected chi connectivity index (χ3v) is 3.69. The van der Waals surface area contributed by atoms with Crippen molar-refractivity contribution in [1.82, 2.24) is 0 Å². The summed E-state index contributed by atoms with van der Waals surface area (Å²) in [6, 6.07) is 14.0. The maximum Gasteiger partial charge on any atom is 0.122 e. The molecule has 0 saturated carbocycles. The van der Waals surface area contributed by atoms with Crippen molar-refractivity contribution in [2.45, 2.75) is 19.3 Å². The van der Waals surface area contributed by atoms with Gasteiger partial charge < -0.3 is 14.6 Å². The van der Waals surface area contributed by atoms with Gasteiger partial charge in [-0.15, -0.1) is 0 Å². The molecule has 112 valence electrons. The molecule has 1 atom stereocenters. The first-order chi connectivity index (χ1) is 10.2. The Balaban J connectivity index is 2.29. The van der Waals surface area contributed by atoms with E-state index < -0.39 is 0 Å². The molecule has 0 amide bonds. The minimum atomic E-state index is 0.0471. The van der Waals surface area contributed by atoms with Crippen LogP contribution in [0, 0.1) is 6.92 Å². The molecular formula is C18H22O3. The molecule has 3 heteroatoms. The molecule has 1 N–H and O–H groups in total. The zero-order valence-corrected chi connectivity index (χ0v) is 12.8. The van der Waals surface area contributed by atoms with Gasteiger partial charge in [0, 0.05) is 5.92 Å². The zero-order chi connectivity index (χ0) is 15.2. The molecule has 0 spiro atoms. The second kappa shape index (κ2) is 7.14. The molecule has 0 radical (unpaired) electrons. The van der Waals surface area contributed by atoms with Crippen LogP contribution in [0.2, 0.25) is 0 Å².